The van der Waals surface area contributed by atoms with Crippen molar-refractivity contribution >= 4 is 10.8 Å². The van der Waals surface area contributed by atoms with E-state index in [1.807, 2.05) is 0 Å². The highest BCUT2D eigenvalue weighted by atomic mass is 16.5. The zero-order chi connectivity index (χ0) is 14.5. The van der Waals surface area contributed by atoms with Crippen LogP contribution in [0.25, 0.3) is 10.8 Å². The van der Waals surface area contributed by atoms with Crippen LogP contribution in [0.15, 0.2) is 36.4 Å². The smallest absolute Gasteiger partial charge is 0.130 e. The van der Waals surface area contributed by atoms with Crippen molar-refractivity contribution < 1.29 is 9.47 Å². The summed E-state index contributed by atoms with van der Waals surface area (Å²) in [6.45, 7) is 3.78. The molecule has 0 aromatic heterocycles. The van der Waals surface area contributed by atoms with Gasteiger partial charge in [0.1, 0.15) is 11.9 Å². The summed E-state index contributed by atoms with van der Waals surface area (Å²) in [7, 11) is 0. The molecule has 3 rings (SSSR count). The van der Waals surface area contributed by atoms with Crippen molar-refractivity contribution in [3.8, 4) is 5.75 Å². The molecule has 0 spiro atoms. The topological polar surface area (TPSA) is 18.5 Å². The molecule has 0 aliphatic carbocycles. The third kappa shape index (κ3) is 3.21. The summed E-state index contributed by atoms with van der Waals surface area (Å²) < 4.78 is 12.0. The van der Waals surface area contributed by atoms with E-state index in [1.165, 1.54) is 22.8 Å². The van der Waals surface area contributed by atoms with Gasteiger partial charge in [-0.2, -0.15) is 0 Å². The molecule has 0 N–H and O–H groups in total. The van der Waals surface area contributed by atoms with Crippen molar-refractivity contribution in [1.82, 2.24) is 0 Å². The Hall–Kier alpha value is -1.54. The lowest BCUT2D eigenvalue weighted by Gasteiger charge is -2.25. The van der Waals surface area contributed by atoms with Crippen LogP contribution in [0, 0.1) is 6.10 Å². The minimum atomic E-state index is 0.773. The second kappa shape index (κ2) is 6.95. The van der Waals surface area contributed by atoms with E-state index in [2.05, 4.69) is 43.3 Å². The van der Waals surface area contributed by atoms with Gasteiger partial charge in [-0.05, 0) is 42.5 Å². The maximum Gasteiger partial charge on any atom is 0.130 e. The summed E-state index contributed by atoms with van der Waals surface area (Å²) in [6, 6.07) is 12.7. The van der Waals surface area contributed by atoms with Crippen molar-refractivity contribution in [2.45, 2.75) is 39.0 Å². The molecule has 1 saturated heterocycles. The van der Waals surface area contributed by atoms with Gasteiger partial charge in [0.05, 0.1) is 6.61 Å². The van der Waals surface area contributed by atoms with Crippen molar-refractivity contribution in [2.24, 2.45) is 0 Å². The van der Waals surface area contributed by atoms with Gasteiger partial charge in [-0.25, -0.2) is 0 Å². The molecule has 1 heterocycles. The van der Waals surface area contributed by atoms with Gasteiger partial charge in [0.25, 0.3) is 0 Å². The van der Waals surface area contributed by atoms with Crippen molar-refractivity contribution in [3.05, 3.63) is 48.1 Å². The SMILES string of the molecule is CCCCOc1ccc2ccccc2c1[C]1CCCCO1. The van der Waals surface area contributed by atoms with Gasteiger partial charge in [-0.3, -0.25) is 0 Å². The lowest BCUT2D eigenvalue weighted by Crippen LogP contribution is -2.14. The first-order valence-electron chi connectivity index (χ1n) is 8.03. The van der Waals surface area contributed by atoms with E-state index in [0.29, 0.717) is 0 Å². The minimum absolute atomic E-state index is 0.773. The zero-order valence-corrected chi connectivity index (χ0v) is 12.7. The Bertz CT molecular complexity index is 585. The van der Waals surface area contributed by atoms with Crippen LogP contribution in [0.1, 0.15) is 44.6 Å². The maximum absolute atomic E-state index is 6.04. The fraction of sp³-hybridized carbons (Fsp3) is 0.421. The number of rotatable bonds is 5. The van der Waals surface area contributed by atoms with Gasteiger partial charge in [-0.15, -0.1) is 0 Å². The molecule has 0 saturated carbocycles. The van der Waals surface area contributed by atoms with Gasteiger partial charge in [0, 0.05) is 12.2 Å². The van der Waals surface area contributed by atoms with Crippen molar-refractivity contribution in [1.29, 1.82) is 0 Å². The van der Waals surface area contributed by atoms with E-state index in [-0.39, 0.29) is 0 Å². The third-order valence-electron chi connectivity index (χ3n) is 4.00. The molecule has 111 valence electrons. The van der Waals surface area contributed by atoms with Crippen LogP contribution in [-0.4, -0.2) is 13.2 Å². The number of benzene rings is 2. The van der Waals surface area contributed by atoms with E-state index < -0.39 is 0 Å². The van der Waals surface area contributed by atoms with Gasteiger partial charge >= 0.3 is 0 Å². The van der Waals surface area contributed by atoms with Crippen LogP contribution in [-0.2, 0) is 4.74 Å². The quantitative estimate of drug-likeness (QED) is 0.711. The van der Waals surface area contributed by atoms with E-state index in [1.54, 1.807) is 0 Å². The number of hydrogen-bond donors (Lipinski definition) is 0. The lowest BCUT2D eigenvalue weighted by molar-refractivity contribution is 0.116. The molecule has 1 radical (unpaired) electrons. The number of unbranched alkanes of at least 4 members (excludes halogenated alkanes) is 1. The Morgan fingerprint density at radius 3 is 2.81 bits per heavy atom. The zero-order valence-electron chi connectivity index (χ0n) is 12.7. The van der Waals surface area contributed by atoms with Crippen molar-refractivity contribution in [2.75, 3.05) is 13.2 Å². The molecule has 0 bridgehead atoms. The fourth-order valence-electron chi connectivity index (χ4n) is 2.84. The first kappa shape index (κ1) is 14.4. The fourth-order valence-corrected chi connectivity index (χ4v) is 2.84. The largest absolute Gasteiger partial charge is 0.493 e. The molecule has 2 aromatic rings. The molecule has 2 heteroatoms. The van der Waals surface area contributed by atoms with Crippen LogP contribution in [0.3, 0.4) is 0 Å². The van der Waals surface area contributed by atoms with Crippen molar-refractivity contribution in [3.63, 3.8) is 0 Å². The van der Waals surface area contributed by atoms with E-state index in [9.17, 15) is 0 Å². The molecule has 1 aliphatic heterocycles. The number of ether oxygens (including phenoxy) is 2. The molecule has 0 atom stereocenters. The first-order chi connectivity index (χ1) is 10.4. The highest BCUT2D eigenvalue weighted by molar-refractivity contribution is 5.89. The normalized spacial score (nSPS) is 16.2. The standard InChI is InChI=1S/C19H23O2/c1-2-3-13-20-18-12-11-15-8-4-5-9-16(15)19(18)17-10-6-7-14-21-17/h4-5,8-9,11-12H,2-3,6-7,10,13-14H2,1H3. The Kier molecular flexibility index (Phi) is 4.76. The summed E-state index contributed by atoms with van der Waals surface area (Å²) in [5, 5.41) is 2.49. The van der Waals surface area contributed by atoms with E-state index >= 15 is 0 Å². The van der Waals surface area contributed by atoms with Crippen LogP contribution < -0.4 is 4.74 Å². The molecule has 2 nitrogen and oxygen atoms in total. The summed E-state index contributed by atoms with van der Waals surface area (Å²) in [4.78, 5) is 0. The highest BCUT2D eigenvalue weighted by Crippen LogP contribution is 2.38. The Morgan fingerprint density at radius 2 is 2.00 bits per heavy atom. The second-order valence-electron chi connectivity index (χ2n) is 5.59. The molecular weight excluding hydrogens is 260 g/mol. The summed E-state index contributed by atoms with van der Waals surface area (Å²) >= 11 is 0. The molecule has 21 heavy (non-hydrogen) atoms. The monoisotopic (exact) mass is 283 g/mol. The van der Waals surface area contributed by atoms with Gasteiger partial charge in [0.15, 0.2) is 0 Å². The Balaban J connectivity index is 1.99. The summed E-state index contributed by atoms with van der Waals surface area (Å²) in [5.41, 5.74) is 1.17. The average molecular weight is 283 g/mol. The molecule has 1 aliphatic rings. The number of fused-ring (bicyclic) bond motifs is 1. The van der Waals surface area contributed by atoms with Crippen LogP contribution in [0.2, 0.25) is 0 Å². The maximum atomic E-state index is 6.04. The Labute approximate surface area is 127 Å². The number of hydrogen-bond acceptors (Lipinski definition) is 2. The van der Waals surface area contributed by atoms with Gasteiger partial charge < -0.3 is 9.47 Å². The lowest BCUT2D eigenvalue weighted by atomic mass is 9.95. The third-order valence-corrected chi connectivity index (χ3v) is 4.00. The van der Waals surface area contributed by atoms with Gasteiger partial charge in [0.2, 0.25) is 0 Å². The minimum Gasteiger partial charge on any atom is -0.493 e. The molecular formula is C19H23O2. The van der Waals surface area contributed by atoms with E-state index in [4.69, 9.17) is 9.47 Å². The average Bonchev–Trinajstić information content (AvgIpc) is 2.55. The second-order valence-corrected chi connectivity index (χ2v) is 5.59. The van der Waals surface area contributed by atoms with Crippen LogP contribution in [0.4, 0.5) is 0 Å². The molecule has 0 amide bonds. The molecule has 0 unspecified atom stereocenters. The summed E-state index contributed by atoms with van der Waals surface area (Å²) in [5.74, 6) is 0.971. The summed E-state index contributed by atoms with van der Waals surface area (Å²) in [6.07, 6.45) is 6.70. The predicted octanol–water partition coefficient (Wildman–Crippen LogP) is 5.10. The van der Waals surface area contributed by atoms with Crippen LogP contribution in [0.5, 0.6) is 5.75 Å². The van der Waals surface area contributed by atoms with E-state index in [0.717, 1.165) is 50.8 Å². The first-order valence-corrected chi connectivity index (χ1v) is 8.03. The van der Waals surface area contributed by atoms with Gasteiger partial charge in [-0.1, -0.05) is 43.7 Å². The highest BCUT2D eigenvalue weighted by Gasteiger charge is 2.23. The molecule has 2 aromatic carbocycles. The predicted molar refractivity (Wildman–Crippen MR) is 86.5 cm³/mol. The van der Waals surface area contributed by atoms with Crippen LogP contribution >= 0.6 is 0 Å². The molecule has 1 fully saturated rings. The Morgan fingerprint density at radius 1 is 1.10 bits per heavy atom.